The Morgan fingerprint density at radius 3 is 1.56 bits per heavy atom. The molecule has 196 valence electrons. The molecule has 0 aliphatic heterocycles. The highest BCUT2D eigenvalue weighted by Gasteiger charge is 2.28. The Morgan fingerprint density at radius 1 is 0.735 bits per heavy atom. The molecule has 0 bridgehead atoms. The monoisotopic (exact) mass is 522 g/mol. The van der Waals surface area contributed by atoms with Gasteiger partial charge in [-0.3, -0.25) is 9.11 Å². The second-order valence-electron chi connectivity index (χ2n) is 8.50. The van der Waals surface area contributed by atoms with Crippen LogP contribution in [0.5, 0.6) is 5.75 Å². The van der Waals surface area contributed by atoms with Crippen molar-refractivity contribution in [2.24, 2.45) is 0 Å². The minimum absolute atomic E-state index is 0.00788. The number of ether oxygens (including phenoxy) is 1. The van der Waals surface area contributed by atoms with Crippen LogP contribution in [0, 0.1) is 0 Å². The Labute approximate surface area is 203 Å². The molecule has 0 fully saturated rings. The summed E-state index contributed by atoms with van der Waals surface area (Å²) < 4.78 is 70.0. The molecule has 0 aromatic heterocycles. The van der Waals surface area contributed by atoms with Gasteiger partial charge in [-0.15, -0.1) is 0 Å². The van der Waals surface area contributed by atoms with Gasteiger partial charge in [-0.05, 0) is 18.6 Å². The lowest BCUT2D eigenvalue weighted by Crippen LogP contribution is -2.13. The first-order valence-electron chi connectivity index (χ1n) is 12.0. The van der Waals surface area contributed by atoms with Gasteiger partial charge < -0.3 is 9.84 Å². The first-order valence-corrected chi connectivity index (χ1v) is 14.9. The Balaban J connectivity index is 2.43. The van der Waals surface area contributed by atoms with Gasteiger partial charge in [0.05, 0.1) is 11.5 Å². The summed E-state index contributed by atoms with van der Waals surface area (Å²) in [4.78, 5) is 9.51. The molecule has 0 saturated carbocycles. The molecule has 11 heteroatoms. The molecule has 1 aromatic carbocycles. The van der Waals surface area contributed by atoms with Crippen LogP contribution >= 0.6 is 0 Å². The van der Waals surface area contributed by atoms with Gasteiger partial charge in [-0.2, -0.15) is 16.8 Å². The number of aromatic carboxylic acids is 1. The molecule has 1 rings (SSSR count). The molecule has 0 spiro atoms. The van der Waals surface area contributed by atoms with E-state index in [4.69, 9.17) is 9.29 Å². The molecule has 0 aliphatic rings. The predicted octanol–water partition coefficient (Wildman–Crippen LogP) is 5.74. The van der Waals surface area contributed by atoms with Crippen molar-refractivity contribution in [3.8, 4) is 5.75 Å². The maximum absolute atomic E-state index is 11.7. The quantitative estimate of drug-likeness (QED) is 0.152. The van der Waals surface area contributed by atoms with Crippen LogP contribution < -0.4 is 4.74 Å². The molecule has 3 N–H and O–H groups in total. The molecular formula is C23H38O9S2. The first kappa shape index (κ1) is 30.3. The van der Waals surface area contributed by atoms with Crippen molar-refractivity contribution >= 4 is 26.2 Å². The minimum atomic E-state index is -5.01. The van der Waals surface area contributed by atoms with Crippen LogP contribution in [-0.2, 0) is 20.2 Å². The number of hydrogen-bond acceptors (Lipinski definition) is 6. The first-order chi connectivity index (χ1) is 16.0. The van der Waals surface area contributed by atoms with E-state index in [-0.39, 0.29) is 6.61 Å². The lowest BCUT2D eigenvalue weighted by Gasteiger charge is -2.14. The van der Waals surface area contributed by atoms with Crippen molar-refractivity contribution in [2.45, 2.75) is 107 Å². The van der Waals surface area contributed by atoms with Gasteiger partial charge in [0.1, 0.15) is 10.5 Å². The largest absolute Gasteiger partial charge is 0.491 e. The van der Waals surface area contributed by atoms with Crippen LogP contribution in [-0.4, -0.2) is 43.6 Å². The third kappa shape index (κ3) is 11.6. The van der Waals surface area contributed by atoms with E-state index >= 15 is 0 Å². The number of benzene rings is 1. The van der Waals surface area contributed by atoms with Gasteiger partial charge >= 0.3 is 5.97 Å². The third-order valence-corrected chi connectivity index (χ3v) is 7.27. The summed E-state index contributed by atoms with van der Waals surface area (Å²) in [6, 6.07) is 1.06. The summed E-state index contributed by atoms with van der Waals surface area (Å²) in [5.41, 5.74) is -0.784. The smallest absolute Gasteiger partial charge is 0.339 e. The number of hydrogen-bond donors (Lipinski definition) is 3. The summed E-state index contributed by atoms with van der Waals surface area (Å²) in [7, 11) is -9.91. The molecule has 0 radical (unpaired) electrons. The molecule has 34 heavy (non-hydrogen) atoms. The molecular weight excluding hydrogens is 484 g/mol. The predicted molar refractivity (Wildman–Crippen MR) is 129 cm³/mol. The molecule has 0 amide bonds. The third-order valence-electron chi connectivity index (χ3n) is 5.58. The van der Waals surface area contributed by atoms with Crippen molar-refractivity contribution < 1.29 is 40.6 Å². The van der Waals surface area contributed by atoms with Gasteiger partial charge in [0.15, 0.2) is 5.75 Å². The van der Waals surface area contributed by atoms with Gasteiger partial charge in [0, 0.05) is 0 Å². The number of unbranched alkanes of at least 4 members (excludes halogenated alkanes) is 13. The van der Waals surface area contributed by atoms with Crippen LogP contribution in [0.2, 0.25) is 0 Å². The van der Waals surface area contributed by atoms with Crippen molar-refractivity contribution in [3.05, 3.63) is 17.7 Å². The molecule has 9 nitrogen and oxygen atoms in total. The van der Waals surface area contributed by atoms with E-state index in [9.17, 15) is 31.3 Å². The van der Waals surface area contributed by atoms with Crippen molar-refractivity contribution in [2.75, 3.05) is 6.61 Å². The molecule has 0 saturated heterocycles. The molecule has 0 aliphatic carbocycles. The fourth-order valence-corrected chi connectivity index (χ4v) is 4.98. The zero-order valence-electron chi connectivity index (χ0n) is 19.9. The Morgan fingerprint density at radius 2 is 1.18 bits per heavy atom. The summed E-state index contributed by atoms with van der Waals surface area (Å²) in [5, 5.41) is 9.34. The van der Waals surface area contributed by atoms with E-state index in [0.717, 1.165) is 25.7 Å². The van der Waals surface area contributed by atoms with E-state index in [1.807, 2.05) is 0 Å². The molecule has 0 atom stereocenters. The van der Waals surface area contributed by atoms with E-state index in [1.165, 1.54) is 57.8 Å². The van der Waals surface area contributed by atoms with Crippen LogP contribution in [0.15, 0.2) is 21.9 Å². The second kappa shape index (κ2) is 15.3. The van der Waals surface area contributed by atoms with E-state index in [0.29, 0.717) is 18.6 Å². The van der Waals surface area contributed by atoms with Gasteiger partial charge in [0.2, 0.25) is 0 Å². The van der Waals surface area contributed by atoms with Crippen molar-refractivity contribution in [3.63, 3.8) is 0 Å². The van der Waals surface area contributed by atoms with Gasteiger partial charge in [-0.25, -0.2) is 4.79 Å². The highest BCUT2D eigenvalue weighted by atomic mass is 32.2. The Bertz CT molecular complexity index is 970. The molecule has 0 unspecified atom stereocenters. The maximum atomic E-state index is 11.7. The van der Waals surface area contributed by atoms with Crippen LogP contribution in [0.25, 0.3) is 0 Å². The molecule has 0 heterocycles. The van der Waals surface area contributed by atoms with Crippen molar-refractivity contribution in [1.82, 2.24) is 0 Å². The number of carboxylic acid groups (broad SMARTS) is 1. The van der Waals surface area contributed by atoms with Crippen LogP contribution in [0.3, 0.4) is 0 Å². The zero-order chi connectivity index (χ0) is 25.6. The van der Waals surface area contributed by atoms with Crippen LogP contribution in [0.1, 0.15) is 107 Å². The average Bonchev–Trinajstić information content (AvgIpc) is 2.74. The second-order valence-corrected chi connectivity index (χ2v) is 11.3. The van der Waals surface area contributed by atoms with E-state index in [2.05, 4.69) is 6.92 Å². The highest BCUT2D eigenvalue weighted by Crippen LogP contribution is 2.32. The zero-order valence-corrected chi connectivity index (χ0v) is 21.5. The summed E-state index contributed by atoms with van der Waals surface area (Å²) in [5.74, 6) is -2.32. The lowest BCUT2D eigenvalue weighted by atomic mass is 10.0. The average molecular weight is 523 g/mol. The number of carbonyl (C=O) groups is 1. The summed E-state index contributed by atoms with van der Waals surface area (Å²) >= 11 is 0. The van der Waals surface area contributed by atoms with E-state index < -0.39 is 47.3 Å². The Kier molecular flexibility index (Phi) is 13.7. The maximum Gasteiger partial charge on any atom is 0.339 e. The van der Waals surface area contributed by atoms with Crippen molar-refractivity contribution in [1.29, 1.82) is 0 Å². The minimum Gasteiger partial charge on any atom is -0.491 e. The standard InChI is InChI=1S/C23H38O9S2/c1-2-3-4-5-6-7-8-9-10-11-12-13-14-15-16-32-22-20(23(24)25)17-19(33(26,27)28)18-21(22)34(29,30)31/h17-18H,2-16H2,1H3,(H,24,25)(H,26,27,28)(H,29,30,31). The Hall–Kier alpha value is -1.69. The normalized spacial score (nSPS) is 12.1. The van der Waals surface area contributed by atoms with E-state index in [1.54, 1.807) is 0 Å². The topological polar surface area (TPSA) is 155 Å². The number of carboxylic acids is 1. The number of rotatable bonds is 19. The van der Waals surface area contributed by atoms with Gasteiger partial charge in [0.25, 0.3) is 20.2 Å². The molecule has 1 aromatic rings. The van der Waals surface area contributed by atoms with Crippen LogP contribution in [0.4, 0.5) is 0 Å². The fourth-order valence-electron chi connectivity index (χ4n) is 3.70. The highest BCUT2D eigenvalue weighted by molar-refractivity contribution is 7.86. The van der Waals surface area contributed by atoms with Gasteiger partial charge in [-0.1, -0.05) is 90.4 Å². The fraction of sp³-hybridized carbons (Fsp3) is 0.696. The SMILES string of the molecule is CCCCCCCCCCCCCCCCOc1c(C(=O)O)cc(S(=O)(=O)O)cc1S(=O)(=O)O. The summed E-state index contributed by atoms with van der Waals surface area (Å²) in [6.07, 6.45) is 16.1. The lowest BCUT2D eigenvalue weighted by molar-refractivity contribution is 0.0691. The summed E-state index contributed by atoms with van der Waals surface area (Å²) in [6.45, 7) is 2.21.